The van der Waals surface area contributed by atoms with Gasteiger partial charge in [0.15, 0.2) is 0 Å². The molecule has 27 heavy (non-hydrogen) atoms. The Bertz CT molecular complexity index is 777. The second-order valence-electron chi connectivity index (χ2n) is 5.77. The maximum Gasteiger partial charge on any atom is 0.408 e. The van der Waals surface area contributed by atoms with Crippen LogP contribution >= 0.6 is 45.2 Å². The summed E-state index contributed by atoms with van der Waals surface area (Å²) in [6.45, 7) is 2.40. The summed E-state index contributed by atoms with van der Waals surface area (Å²) in [5.74, 6) is -0.0722. The number of benzene rings is 2. The number of alkyl carbamates (subject to hydrolysis) is 1. The first-order chi connectivity index (χ1) is 12.9. The van der Waals surface area contributed by atoms with Gasteiger partial charge in [0, 0.05) is 13.0 Å². The first-order valence-corrected chi connectivity index (χ1v) is 10.5. The van der Waals surface area contributed by atoms with Crippen LogP contribution in [-0.4, -0.2) is 29.7 Å². The quantitative estimate of drug-likeness (QED) is 0.429. The molecule has 2 aromatic rings. The summed E-state index contributed by atoms with van der Waals surface area (Å²) in [4.78, 5) is 24.5. The largest absolute Gasteiger partial charge is 0.506 e. The van der Waals surface area contributed by atoms with E-state index in [1.807, 2.05) is 82.4 Å². The Morgan fingerprint density at radius 1 is 1.11 bits per heavy atom. The van der Waals surface area contributed by atoms with Crippen molar-refractivity contribution >= 4 is 57.2 Å². The SMILES string of the molecule is CCNC(=O)C(Cc1cc(I)c(O)c(I)c1)NC(=O)OCc1ccccc1. The Kier molecular flexibility index (Phi) is 8.61. The van der Waals surface area contributed by atoms with Crippen LogP contribution in [0.3, 0.4) is 0 Å². The van der Waals surface area contributed by atoms with Crippen LogP contribution in [0.2, 0.25) is 0 Å². The van der Waals surface area contributed by atoms with Gasteiger partial charge in [0.2, 0.25) is 5.91 Å². The highest BCUT2D eigenvalue weighted by molar-refractivity contribution is 14.1. The normalized spacial score (nSPS) is 11.5. The molecular weight excluding hydrogens is 574 g/mol. The molecule has 0 spiro atoms. The number of hydrogen-bond donors (Lipinski definition) is 3. The lowest BCUT2D eigenvalue weighted by molar-refractivity contribution is -0.122. The van der Waals surface area contributed by atoms with Crippen molar-refractivity contribution in [3.8, 4) is 5.75 Å². The molecule has 8 heteroatoms. The first kappa shape index (κ1) is 21.7. The minimum Gasteiger partial charge on any atom is -0.506 e. The molecule has 0 aliphatic rings. The summed E-state index contributed by atoms with van der Waals surface area (Å²) >= 11 is 4.07. The third-order valence-electron chi connectivity index (χ3n) is 3.69. The van der Waals surface area contributed by atoms with Crippen molar-refractivity contribution in [1.29, 1.82) is 0 Å². The van der Waals surface area contributed by atoms with Gasteiger partial charge in [-0.25, -0.2) is 4.79 Å². The molecule has 6 nitrogen and oxygen atoms in total. The molecule has 1 unspecified atom stereocenters. The van der Waals surface area contributed by atoms with Gasteiger partial charge in [-0.15, -0.1) is 0 Å². The summed E-state index contributed by atoms with van der Waals surface area (Å²) in [7, 11) is 0. The lowest BCUT2D eigenvalue weighted by atomic mass is 10.1. The summed E-state index contributed by atoms with van der Waals surface area (Å²) < 4.78 is 6.60. The number of likely N-dealkylation sites (N-methyl/N-ethyl adjacent to an activating group) is 1. The van der Waals surface area contributed by atoms with Crippen molar-refractivity contribution in [2.75, 3.05) is 6.54 Å². The first-order valence-electron chi connectivity index (χ1n) is 8.32. The molecule has 3 N–H and O–H groups in total. The molecular formula is C19H20I2N2O4. The van der Waals surface area contributed by atoms with E-state index in [0.29, 0.717) is 20.1 Å². The minimum absolute atomic E-state index is 0.129. The van der Waals surface area contributed by atoms with E-state index in [1.165, 1.54) is 0 Å². The highest BCUT2D eigenvalue weighted by Gasteiger charge is 2.22. The maximum atomic E-state index is 12.4. The summed E-state index contributed by atoms with van der Waals surface area (Å²) in [6, 6.07) is 12.1. The van der Waals surface area contributed by atoms with Gasteiger partial charge in [0.05, 0.1) is 7.14 Å². The van der Waals surface area contributed by atoms with Gasteiger partial charge < -0.3 is 20.5 Å². The van der Waals surface area contributed by atoms with Gasteiger partial charge in [-0.05, 0) is 75.4 Å². The number of carbonyl (C=O) groups excluding carboxylic acids is 2. The predicted octanol–water partition coefficient (Wildman–Crippen LogP) is 3.58. The molecule has 2 aromatic carbocycles. The van der Waals surface area contributed by atoms with E-state index in [9.17, 15) is 14.7 Å². The minimum atomic E-state index is -0.774. The molecule has 2 amide bonds. The van der Waals surface area contributed by atoms with Crippen LogP contribution in [-0.2, 0) is 22.6 Å². The monoisotopic (exact) mass is 594 g/mol. The Balaban J connectivity index is 2.05. The molecule has 0 saturated heterocycles. The van der Waals surface area contributed by atoms with Crippen LogP contribution in [0.5, 0.6) is 5.75 Å². The molecule has 0 fully saturated rings. The zero-order chi connectivity index (χ0) is 19.8. The van der Waals surface area contributed by atoms with E-state index in [0.717, 1.165) is 11.1 Å². The summed E-state index contributed by atoms with van der Waals surface area (Å²) in [5.41, 5.74) is 1.70. The average molecular weight is 594 g/mol. The molecule has 0 saturated carbocycles. The lowest BCUT2D eigenvalue weighted by Crippen LogP contribution is -2.48. The van der Waals surface area contributed by atoms with E-state index in [2.05, 4.69) is 10.6 Å². The van der Waals surface area contributed by atoms with Crippen LogP contribution in [0.4, 0.5) is 4.79 Å². The van der Waals surface area contributed by atoms with Gasteiger partial charge in [-0.2, -0.15) is 0 Å². The van der Waals surface area contributed by atoms with Crippen LogP contribution in [0.15, 0.2) is 42.5 Å². The lowest BCUT2D eigenvalue weighted by Gasteiger charge is -2.18. The zero-order valence-electron chi connectivity index (χ0n) is 14.7. The Labute approximate surface area is 185 Å². The van der Waals surface area contributed by atoms with Crippen molar-refractivity contribution in [2.24, 2.45) is 0 Å². The highest BCUT2D eigenvalue weighted by Crippen LogP contribution is 2.27. The van der Waals surface area contributed by atoms with Gasteiger partial charge in [0.25, 0.3) is 0 Å². The zero-order valence-corrected chi connectivity index (χ0v) is 19.0. The molecule has 0 radical (unpaired) electrons. The summed E-state index contributed by atoms with van der Waals surface area (Å²) in [6.07, 6.45) is -0.364. The number of phenols is 1. The Morgan fingerprint density at radius 3 is 2.33 bits per heavy atom. The van der Waals surface area contributed by atoms with Crippen LogP contribution < -0.4 is 10.6 Å². The third-order valence-corrected chi connectivity index (χ3v) is 5.33. The molecule has 0 aliphatic heterocycles. The number of nitrogens with one attached hydrogen (secondary N) is 2. The van der Waals surface area contributed by atoms with Crippen molar-refractivity contribution in [1.82, 2.24) is 10.6 Å². The van der Waals surface area contributed by atoms with Crippen molar-refractivity contribution < 1.29 is 19.4 Å². The summed E-state index contributed by atoms with van der Waals surface area (Å²) in [5, 5.41) is 15.3. The molecule has 0 aliphatic carbocycles. The van der Waals surface area contributed by atoms with Crippen molar-refractivity contribution in [3.63, 3.8) is 0 Å². The highest BCUT2D eigenvalue weighted by atomic mass is 127. The fourth-order valence-corrected chi connectivity index (χ4v) is 4.28. The van der Waals surface area contributed by atoms with Crippen LogP contribution in [0, 0.1) is 7.14 Å². The third kappa shape index (κ3) is 6.83. The number of halogens is 2. The number of ether oxygens (including phenoxy) is 1. The van der Waals surface area contributed by atoms with Gasteiger partial charge >= 0.3 is 6.09 Å². The molecule has 144 valence electrons. The number of hydrogen-bond acceptors (Lipinski definition) is 4. The standard InChI is InChI=1S/C19H20I2N2O4/c1-2-22-18(25)16(10-13-8-14(20)17(24)15(21)9-13)23-19(26)27-11-12-6-4-3-5-7-12/h3-9,16,24H,2,10-11H2,1H3,(H,22,25)(H,23,26). The number of aromatic hydroxyl groups is 1. The molecule has 1 atom stereocenters. The number of rotatable bonds is 7. The Morgan fingerprint density at radius 2 is 1.74 bits per heavy atom. The number of carbonyl (C=O) groups is 2. The van der Waals surface area contributed by atoms with Gasteiger partial charge in [0.1, 0.15) is 18.4 Å². The number of phenolic OH excluding ortho intramolecular Hbond substituents is 1. The fourth-order valence-electron chi connectivity index (χ4n) is 2.39. The Hall–Kier alpha value is -1.56. The topological polar surface area (TPSA) is 87.7 Å². The molecule has 0 aromatic heterocycles. The van der Waals surface area contributed by atoms with E-state index in [1.54, 1.807) is 12.1 Å². The van der Waals surface area contributed by atoms with E-state index in [-0.39, 0.29) is 18.3 Å². The maximum absolute atomic E-state index is 12.4. The van der Waals surface area contributed by atoms with E-state index in [4.69, 9.17) is 4.74 Å². The molecule has 0 bridgehead atoms. The average Bonchev–Trinajstić information content (AvgIpc) is 2.65. The van der Waals surface area contributed by atoms with Crippen LogP contribution in [0.1, 0.15) is 18.1 Å². The fraction of sp³-hybridized carbons (Fsp3) is 0.263. The molecule has 2 rings (SSSR count). The van der Waals surface area contributed by atoms with Gasteiger partial charge in [-0.1, -0.05) is 30.3 Å². The van der Waals surface area contributed by atoms with E-state index >= 15 is 0 Å². The second kappa shape index (κ2) is 10.7. The smallest absolute Gasteiger partial charge is 0.408 e. The van der Waals surface area contributed by atoms with Crippen LogP contribution in [0.25, 0.3) is 0 Å². The molecule has 0 heterocycles. The van der Waals surface area contributed by atoms with Crippen molar-refractivity contribution in [3.05, 3.63) is 60.7 Å². The second-order valence-corrected chi connectivity index (χ2v) is 8.09. The van der Waals surface area contributed by atoms with Gasteiger partial charge in [-0.3, -0.25) is 4.79 Å². The number of amides is 2. The predicted molar refractivity (Wildman–Crippen MR) is 119 cm³/mol. The van der Waals surface area contributed by atoms with Crippen molar-refractivity contribution in [2.45, 2.75) is 26.0 Å². The van der Waals surface area contributed by atoms with E-state index < -0.39 is 12.1 Å².